The molecule has 1 amide bonds. The Morgan fingerprint density at radius 3 is 2.59 bits per heavy atom. The van der Waals surface area contributed by atoms with Crippen LogP contribution in [-0.4, -0.2) is 79.7 Å². The molecule has 22 heavy (non-hydrogen) atoms. The van der Waals surface area contributed by atoms with Crippen molar-refractivity contribution in [2.75, 3.05) is 63.9 Å². The van der Waals surface area contributed by atoms with E-state index in [9.17, 15) is 4.79 Å². The largest absolute Gasteiger partial charge is 0.379 e. The molecule has 0 aliphatic carbocycles. The van der Waals surface area contributed by atoms with Crippen molar-refractivity contribution >= 4 is 11.6 Å². The molecule has 2 saturated heterocycles. The van der Waals surface area contributed by atoms with Crippen molar-refractivity contribution in [1.82, 2.24) is 14.8 Å². The molecular weight excluding hydrogens is 280 g/mol. The van der Waals surface area contributed by atoms with Gasteiger partial charge in [0.1, 0.15) is 0 Å². The fourth-order valence-electron chi connectivity index (χ4n) is 2.99. The summed E-state index contributed by atoms with van der Waals surface area (Å²) in [6, 6.07) is 4.14. The smallest absolute Gasteiger partial charge is 0.236 e. The number of anilines is 1. The van der Waals surface area contributed by atoms with Crippen LogP contribution < -0.4 is 4.90 Å². The summed E-state index contributed by atoms with van der Waals surface area (Å²) in [5.41, 5.74) is 2.23. The zero-order chi connectivity index (χ0) is 15.4. The first-order valence-electron chi connectivity index (χ1n) is 7.98. The van der Waals surface area contributed by atoms with Gasteiger partial charge >= 0.3 is 0 Å². The van der Waals surface area contributed by atoms with Crippen LogP contribution >= 0.6 is 0 Å². The maximum absolute atomic E-state index is 12.4. The molecule has 0 spiro atoms. The molecule has 3 rings (SSSR count). The lowest BCUT2D eigenvalue weighted by atomic mass is 10.2. The second kappa shape index (κ2) is 7.07. The molecule has 0 unspecified atom stereocenters. The predicted octanol–water partition coefficient (Wildman–Crippen LogP) is 0.371. The zero-order valence-corrected chi connectivity index (χ0v) is 13.2. The van der Waals surface area contributed by atoms with Gasteiger partial charge in [0.25, 0.3) is 0 Å². The highest BCUT2D eigenvalue weighted by atomic mass is 16.5. The molecule has 120 valence electrons. The summed E-state index contributed by atoms with van der Waals surface area (Å²) >= 11 is 0. The van der Waals surface area contributed by atoms with Gasteiger partial charge in [-0.05, 0) is 19.1 Å². The van der Waals surface area contributed by atoms with E-state index in [2.05, 4.69) is 20.9 Å². The van der Waals surface area contributed by atoms with Crippen molar-refractivity contribution in [2.24, 2.45) is 0 Å². The second-order valence-electron chi connectivity index (χ2n) is 5.91. The molecule has 0 bridgehead atoms. The summed E-state index contributed by atoms with van der Waals surface area (Å²) in [5, 5.41) is 0. The summed E-state index contributed by atoms with van der Waals surface area (Å²) in [5.74, 6) is 0.243. The number of rotatable bonds is 3. The summed E-state index contributed by atoms with van der Waals surface area (Å²) in [7, 11) is 0. The molecule has 0 atom stereocenters. The third kappa shape index (κ3) is 3.75. The highest BCUT2D eigenvalue weighted by molar-refractivity contribution is 5.78. The molecule has 0 radical (unpaired) electrons. The third-order valence-corrected chi connectivity index (χ3v) is 4.34. The Morgan fingerprint density at radius 1 is 1.18 bits per heavy atom. The Hall–Kier alpha value is -1.66. The number of aromatic nitrogens is 1. The summed E-state index contributed by atoms with van der Waals surface area (Å²) < 4.78 is 5.32. The number of amides is 1. The van der Waals surface area contributed by atoms with E-state index in [0.29, 0.717) is 6.54 Å². The maximum atomic E-state index is 12.4. The maximum Gasteiger partial charge on any atom is 0.236 e. The number of morpholine rings is 1. The average molecular weight is 304 g/mol. The van der Waals surface area contributed by atoms with Crippen molar-refractivity contribution in [1.29, 1.82) is 0 Å². The van der Waals surface area contributed by atoms with E-state index in [-0.39, 0.29) is 5.91 Å². The van der Waals surface area contributed by atoms with Crippen LogP contribution in [0.4, 0.5) is 5.69 Å². The highest BCUT2D eigenvalue weighted by Crippen LogP contribution is 2.16. The van der Waals surface area contributed by atoms with Gasteiger partial charge in [0, 0.05) is 56.8 Å². The second-order valence-corrected chi connectivity index (χ2v) is 5.91. The summed E-state index contributed by atoms with van der Waals surface area (Å²) in [6.45, 7) is 9.10. The van der Waals surface area contributed by atoms with Crippen LogP contribution in [-0.2, 0) is 9.53 Å². The predicted molar refractivity (Wildman–Crippen MR) is 85.0 cm³/mol. The van der Waals surface area contributed by atoms with Gasteiger partial charge in [-0.15, -0.1) is 0 Å². The average Bonchev–Trinajstić information content (AvgIpc) is 2.56. The Kier molecular flexibility index (Phi) is 4.90. The first-order chi connectivity index (χ1) is 10.7. The van der Waals surface area contributed by atoms with Gasteiger partial charge in [0.2, 0.25) is 5.91 Å². The van der Waals surface area contributed by atoms with Crippen LogP contribution in [0.15, 0.2) is 18.3 Å². The number of hydrogen-bond acceptors (Lipinski definition) is 5. The van der Waals surface area contributed by atoms with Gasteiger partial charge in [-0.3, -0.25) is 14.7 Å². The van der Waals surface area contributed by atoms with Crippen molar-refractivity contribution in [3.05, 3.63) is 24.0 Å². The van der Waals surface area contributed by atoms with Gasteiger partial charge in [0.15, 0.2) is 0 Å². The first-order valence-corrected chi connectivity index (χ1v) is 7.98. The molecule has 6 heteroatoms. The summed E-state index contributed by atoms with van der Waals surface area (Å²) in [4.78, 5) is 23.1. The number of carbonyl (C=O) groups is 1. The number of carbonyl (C=O) groups excluding carboxylic acids is 1. The van der Waals surface area contributed by atoms with Crippen LogP contribution in [0.1, 0.15) is 5.69 Å². The van der Waals surface area contributed by atoms with E-state index in [4.69, 9.17) is 4.74 Å². The molecular formula is C16H24N4O2. The molecule has 0 N–H and O–H groups in total. The van der Waals surface area contributed by atoms with Gasteiger partial charge in [-0.1, -0.05) is 0 Å². The van der Waals surface area contributed by atoms with Crippen LogP contribution in [0.25, 0.3) is 0 Å². The number of aryl methyl sites for hydroxylation is 1. The van der Waals surface area contributed by atoms with Gasteiger partial charge < -0.3 is 14.5 Å². The Labute approximate surface area is 131 Å². The molecule has 2 fully saturated rings. The van der Waals surface area contributed by atoms with Gasteiger partial charge in [-0.2, -0.15) is 0 Å². The van der Waals surface area contributed by atoms with Gasteiger partial charge in [0.05, 0.1) is 19.8 Å². The van der Waals surface area contributed by atoms with Crippen molar-refractivity contribution in [3.63, 3.8) is 0 Å². The van der Waals surface area contributed by atoms with E-state index < -0.39 is 0 Å². The van der Waals surface area contributed by atoms with E-state index in [1.54, 1.807) is 0 Å². The van der Waals surface area contributed by atoms with Gasteiger partial charge in [-0.25, -0.2) is 0 Å². The topological polar surface area (TPSA) is 48.9 Å². The fraction of sp³-hybridized carbons (Fsp3) is 0.625. The number of piperazine rings is 1. The van der Waals surface area contributed by atoms with E-state index in [1.165, 1.54) is 5.69 Å². The molecule has 3 heterocycles. The lowest BCUT2D eigenvalue weighted by Gasteiger charge is -2.37. The van der Waals surface area contributed by atoms with Crippen molar-refractivity contribution in [3.8, 4) is 0 Å². The monoisotopic (exact) mass is 304 g/mol. The minimum absolute atomic E-state index is 0.243. The number of ether oxygens (including phenoxy) is 1. The van der Waals surface area contributed by atoms with E-state index in [0.717, 1.165) is 58.2 Å². The number of nitrogens with zero attached hydrogens (tertiary/aromatic N) is 4. The van der Waals surface area contributed by atoms with Crippen LogP contribution in [0.5, 0.6) is 0 Å². The lowest BCUT2D eigenvalue weighted by molar-refractivity contribution is -0.133. The molecule has 0 saturated carbocycles. The third-order valence-electron chi connectivity index (χ3n) is 4.34. The van der Waals surface area contributed by atoms with Crippen LogP contribution in [0, 0.1) is 6.92 Å². The standard InChI is InChI=1S/C16H24N4O2/c1-14-12-15(2-3-17-14)19-4-6-20(7-5-19)16(21)13-18-8-10-22-11-9-18/h2-3,12H,4-11,13H2,1H3. The molecule has 2 aliphatic rings. The van der Waals surface area contributed by atoms with Crippen molar-refractivity contribution in [2.45, 2.75) is 6.92 Å². The fourth-order valence-corrected chi connectivity index (χ4v) is 2.99. The zero-order valence-electron chi connectivity index (χ0n) is 13.2. The van der Waals surface area contributed by atoms with Crippen LogP contribution in [0.3, 0.4) is 0 Å². The lowest BCUT2D eigenvalue weighted by Crippen LogP contribution is -2.52. The molecule has 6 nitrogen and oxygen atoms in total. The highest BCUT2D eigenvalue weighted by Gasteiger charge is 2.23. The van der Waals surface area contributed by atoms with Crippen LogP contribution in [0.2, 0.25) is 0 Å². The number of pyridine rings is 1. The Bertz CT molecular complexity index is 509. The van der Waals surface area contributed by atoms with E-state index in [1.807, 2.05) is 24.1 Å². The molecule has 0 aromatic carbocycles. The van der Waals surface area contributed by atoms with E-state index >= 15 is 0 Å². The first kappa shape index (κ1) is 15.2. The quantitative estimate of drug-likeness (QED) is 0.807. The SMILES string of the molecule is Cc1cc(N2CCN(C(=O)CN3CCOCC3)CC2)ccn1. The Balaban J connectivity index is 1.49. The Morgan fingerprint density at radius 2 is 1.91 bits per heavy atom. The molecule has 1 aromatic heterocycles. The normalized spacial score (nSPS) is 20.2. The van der Waals surface area contributed by atoms with Crippen molar-refractivity contribution < 1.29 is 9.53 Å². The molecule has 2 aliphatic heterocycles. The minimum atomic E-state index is 0.243. The molecule has 1 aromatic rings. The number of hydrogen-bond donors (Lipinski definition) is 0. The minimum Gasteiger partial charge on any atom is -0.379 e. The summed E-state index contributed by atoms with van der Waals surface area (Å²) in [6.07, 6.45) is 1.85.